The first-order valence-electron chi connectivity index (χ1n) is 7.55. The van der Waals surface area contributed by atoms with E-state index in [2.05, 4.69) is 15.5 Å². The van der Waals surface area contributed by atoms with Crippen molar-refractivity contribution in [3.63, 3.8) is 0 Å². The SMILES string of the molecule is COc1cccc(/C=N\NC(=O)Cn2c(C)nc3ccccc32)c1. The highest BCUT2D eigenvalue weighted by Gasteiger charge is 2.09. The quantitative estimate of drug-likeness (QED) is 0.580. The van der Waals surface area contributed by atoms with E-state index < -0.39 is 0 Å². The Balaban J connectivity index is 1.67. The number of carbonyl (C=O) groups is 1. The molecule has 0 aliphatic rings. The zero-order chi connectivity index (χ0) is 16.9. The van der Waals surface area contributed by atoms with Crippen molar-refractivity contribution in [1.29, 1.82) is 0 Å². The van der Waals surface area contributed by atoms with E-state index in [9.17, 15) is 4.79 Å². The van der Waals surface area contributed by atoms with Crippen molar-refractivity contribution in [1.82, 2.24) is 15.0 Å². The van der Waals surface area contributed by atoms with Crippen molar-refractivity contribution in [2.75, 3.05) is 7.11 Å². The molecule has 6 nitrogen and oxygen atoms in total. The molecule has 1 heterocycles. The van der Waals surface area contributed by atoms with Crippen LogP contribution < -0.4 is 10.2 Å². The molecule has 2 aromatic carbocycles. The van der Waals surface area contributed by atoms with Crippen LogP contribution in [0.2, 0.25) is 0 Å². The number of hydrazone groups is 1. The lowest BCUT2D eigenvalue weighted by Gasteiger charge is -2.05. The molecule has 0 saturated carbocycles. The van der Waals surface area contributed by atoms with Crippen molar-refractivity contribution >= 4 is 23.2 Å². The summed E-state index contributed by atoms with van der Waals surface area (Å²) in [5.74, 6) is 1.33. The third-order valence-corrected chi connectivity index (χ3v) is 3.64. The van der Waals surface area contributed by atoms with E-state index in [1.807, 2.05) is 60.0 Å². The molecular formula is C18H18N4O2. The van der Waals surface area contributed by atoms with E-state index in [1.54, 1.807) is 13.3 Å². The fraction of sp³-hybridized carbons (Fsp3) is 0.167. The third-order valence-electron chi connectivity index (χ3n) is 3.64. The second kappa shape index (κ2) is 6.95. The van der Waals surface area contributed by atoms with Gasteiger partial charge in [0.05, 0.1) is 24.4 Å². The molecule has 0 unspecified atom stereocenters. The van der Waals surface area contributed by atoms with Crippen LogP contribution in [0.15, 0.2) is 53.6 Å². The molecule has 0 radical (unpaired) electrons. The van der Waals surface area contributed by atoms with Crippen LogP contribution in [0.25, 0.3) is 11.0 Å². The number of hydrogen-bond donors (Lipinski definition) is 1. The minimum absolute atomic E-state index is 0.168. The Labute approximate surface area is 139 Å². The molecule has 24 heavy (non-hydrogen) atoms. The highest BCUT2D eigenvalue weighted by atomic mass is 16.5. The van der Waals surface area contributed by atoms with Gasteiger partial charge < -0.3 is 9.30 Å². The number of hydrogen-bond acceptors (Lipinski definition) is 4. The summed E-state index contributed by atoms with van der Waals surface area (Å²) in [4.78, 5) is 16.6. The summed E-state index contributed by atoms with van der Waals surface area (Å²) >= 11 is 0. The van der Waals surface area contributed by atoms with Crippen LogP contribution in [0.1, 0.15) is 11.4 Å². The number of aryl methyl sites for hydroxylation is 1. The first kappa shape index (κ1) is 15.7. The van der Waals surface area contributed by atoms with Crippen LogP contribution in [-0.2, 0) is 11.3 Å². The topological polar surface area (TPSA) is 68.5 Å². The number of rotatable bonds is 5. The number of fused-ring (bicyclic) bond motifs is 1. The van der Waals surface area contributed by atoms with E-state index in [1.165, 1.54) is 0 Å². The fourth-order valence-electron chi connectivity index (χ4n) is 2.48. The fourth-order valence-corrected chi connectivity index (χ4v) is 2.48. The van der Waals surface area contributed by atoms with Crippen molar-refractivity contribution in [3.05, 3.63) is 59.9 Å². The maximum absolute atomic E-state index is 12.1. The van der Waals surface area contributed by atoms with E-state index in [0.29, 0.717) is 0 Å². The molecule has 1 N–H and O–H groups in total. The minimum atomic E-state index is -0.208. The summed E-state index contributed by atoms with van der Waals surface area (Å²) in [6.07, 6.45) is 1.58. The molecule has 0 saturated heterocycles. The van der Waals surface area contributed by atoms with Gasteiger partial charge >= 0.3 is 0 Å². The molecule has 6 heteroatoms. The van der Waals surface area contributed by atoms with Crippen LogP contribution in [0.4, 0.5) is 0 Å². The van der Waals surface area contributed by atoms with Crippen LogP contribution in [0.3, 0.4) is 0 Å². The van der Waals surface area contributed by atoms with Gasteiger partial charge in [0.2, 0.25) is 0 Å². The van der Waals surface area contributed by atoms with Gasteiger partial charge in [-0.1, -0.05) is 24.3 Å². The van der Waals surface area contributed by atoms with E-state index in [-0.39, 0.29) is 12.5 Å². The standard InChI is InChI=1S/C18H18N4O2/c1-13-20-16-8-3-4-9-17(16)22(13)12-18(23)21-19-11-14-6-5-7-15(10-14)24-2/h3-11H,12H2,1-2H3,(H,21,23)/b19-11-. The molecule has 3 aromatic rings. The Morgan fingerprint density at radius 1 is 1.29 bits per heavy atom. The molecule has 1 aromatic heterocycles. The van der Waals surface area contributed by atoms with Crippen molar-refractivity contribution in [3.8, 4) is 5.75 Å². The summed E-state index contributed by atoms with van der Waals surface area (Å²) in [7, 11) is 1.61. The van der Waals surface area contributed by atoms with E-state index in [0.717, 1.165) is 28.2 Å². The largest absolute Gasteiger partial charge is 0.497 e. The number of benzene rings is 2. The Bertz CT molecular complexity index is 899. The van der Waals surface area contributed by atoms with Crippen LogP contribution in [-0.4, -0.2) is 28.8 Å². The molecule has 1 amide bonds. The maximum Gasteiger partial charge on any atom is 0.260 e. The van der Waals surface area contributed by atoms with Crippen LogP contribution >= 0.6 is 0 Å². The summed E-state index contributed by atoms with van der Waals surface area (Å²) in [6, 6.07) is 15.2. The second-order valence-electron chi connectivity index (χ2n) is 5.30. The molecule has 0 atom stereocenters. The molecule has 0 aliphatic heterocycles. The average Bonchev–Trinajstić information content (AvgIpc) is 2.91. The van der Waals surface area contributed by atoms with Gasteiger partial charge in [-0.2, -0.15) is 5.10 Å². The Morgan fingerprint density at radius 3 is 2.96 bits per heavy atom. The minimum Gasteiger partial charge on any atom is -0.497 e. The third kappa shape index (κ3) is 3.43. The molecule has 3 rings (SSSR count). The average molecular weight is 322 g/mol. The van der Waals surface area contributed by atoms with Gasteiger partial charge in [0.25, 0.3) is 5.91 Å². The number of nitrogens with one attached hydrogen (secondary N) is 1. The number of ether oxygens (including phenoxy) is 1. The van der Waals surface area contributed by atoms with Gasteiger partial charge in [0.15, 0.2) is 0 Å². The van der Waals surface area contributed by atoms with Crippen molar-refractivity contribution in [2.45, 2.75) is 13.5 Å². The predicted molar refractivity (Wildman–Crippen MR) is 93.2 cm³/mol. The Kier molecular flexibility index (Phi) is 4.56. The summed E-state index contributed by atoms with van der Waals surface area (Å²) in [5, 5.41) is 3.99. The van der Waals surface area contributed by atoms with Gasteiger partial charge in [-0.05, 0) is 36.8 Å². The highest BCUT2D eigenvalue weighted by molar-refractivity contribution is 5.84. The Morgan fingerprint density at radius 2 is 2.12 bits per heavy atom. The van der Waals surface area contributed by atoms with Gasteiger partial charge in [0, 0.05) is 0 Å². The van der Waals surface area contributed by atoms with E-state index >= 15 is 0 Å². The zero-order valence-corrected chi connectivity index (χ0v) is 13.6. The number of imidazole rings is 1. The summed E-state index contributed by atoms with van der Waals surface area (Å²) in [6.45, 7) is 2.05. The predicted octanol–water partition coefficient (Wildman–Crippen LogP) is 2.50. The number of nitrogens with zero attached hydrogens (tertiary/aromatic N) is 3. The van der Waals surface area contributed by atoms with Gasteiger partial charge in [-0.3, -0.25) is 4.79 Å². The van der Waals surface area contributed by atoms with Gasteiger partial charge in [-0.15, -0.1) is 0 Å². The number of amides is 1. The number of carbonyl (C=O) groups excluding carboxylic acids is 1. The molecule has 0 spiro atoms. The molecule has 0 aliphatic carbocycles. The van der Waals surface area contributed by atoms with E-state index in [4.69, 9.17) is 4.74 Å². The smallest absolute Gasteiger partial charge is 0.260 e. The zero-order valence-electron chi connectivity index (χ0n) is 13.6. The Hall–Kier alpha value is -3.15. The lowest BCUT2D eigenvalue weighted by molar-refractivity contribution is -0.121. The van der Waals surface area contributed by atoms with Crippen LogP contribution in [0, 0.1) is 6.92 Å². The van der Waals surface area contributed by atoms with Crippen molar-refractivity contribution < 1.29 is 9.53 Å². The van der Waals surface area contributed by atoms with Gasteiger partial charge in [-0.25, -0.2) is 10.4 Å². The number of methoxy groups -OCH3 is 1. The molecular weight excluding hydrogens is 304 g/mol. The van der Waals surface area contributed by atoms with Crippen molar-refractivity contribution in [2.24, 2.45) is 5.10 Å². The van der Waals surface area contributed by atoms with Crippen LogP contribution in [0.5, 0.6) is 5.75 Å². The summed E-state index contributed by atoms with van der Waals surface area (Å²) < 4.78 is 7.01. The molecule has 0 bridgehead atoms. The monoisotopic (exact) mass is 322 g/mol. The lowest BCUT2D eigenvalue weighted by atomic mass is 10.2. The second-order valence-corrected chi connectivity index (χ2v) is 5.30. The lowest BCUT2D eigenvalue weighted by Crippen LogP contribution is -2.23. The first-order valence-corrected chi connectivity index (χ1v) is 7.55. The normalized spacial score (nSPS) is 11.1. The first-order chi connectivity index (χ1) is 11.7. The highest BCUT2D eigenvalue weighted by Crippen LogP contribution is 2.15. The maximum atomic E-state index is 12.1. The van der Waals surface area contributed by atoms with Gasteiger partial charge in [0.1, 0.15) is 18.1 Å². The number of para-hydroxylation sites is 2. The number of aromatic nitrogens is 2. The molecule has 0 fully saturated rings. The summed E-state index contributed by atoms with van der Waals surface area (Å²) in [5.41, 5.74) is 5.20. The molecule has 122 valence electrons.